The Morgan fingerprint density at radius 3 is 2.64 bits per heavy atom. The second-order valence-electron chi connectivity index (χ2n) is 4.52. The van der Waals surface area contributed by atoms with E-state index in [-0.39, 0.29) is 0 Å². The number of hydrogen-bond acceptors (Lipinski definition) is 0. The van der Waals surface area contributed by atoms with Crippen molar-refractivity contribution < 1.29 is 0 Å². The fourth-order valence-corrected chi connectivity index (χ4v) is 3.14. The fraction of sp³-hybridized carbons (Fsp3) is 0.538. The van der Waals surface area contributed by atoms with Crippen molar-refractivity contribution in [3.8, 4) is 0 Å². The van der Waals surface area contributed by atoms with E-state index in [2.05, 4.69) is 54.0 Å². The third kappa shape index (κ3) is 2.20. The lowest BCUT2D eigenvalue weighted by Gasteiger charge is -2.10. The second-order valence-corrected chi connectivity index (χ2v) is 5.70. The van der Waals surface area contributed by atoms with Crippen molar-refractivity contribution in [3.63, 3.8) is 0 Å². The smallest absolute Gasteiger partial charge is 0.0217 e. The van der Waals surface area contributed by atoms with Gasteiger partial charge in [-0.15, -0.1) is 0 Å². The molecule has 0 aromatic heterocycles. The van der Waals surface area contributed by atoms with Crippen molar-refractivity contribution >= 4 is 15.9 Å². The van der Waals surface area contributed by atoms with Gasteiger partial charge in [-0.05, 0) is 42.7 Å². The zero-order chi connectivity index (χ0) is 10.1. The maximum absolute atomic E-state index is 3.82. The van der Waals surface area contributed by atoms with Crippen LogP contribution in [0.5, 0.6) is 0 Å². The van der Waals surface area contributed by atoms with E-state index in [0.29, 0.717) is 4.83 Å². The Kier molecular flexibility index (Phi) is 2.96. The predicted octanol–water partition coefficient (Wildman–Crippen LogP) is 3.96. The van der Waals surface area contributed by atoms with E-state index >= 15 is 0 Å². The first-order valence-corrected chi connectivity index (χ1v) is 6.28. The van der Waals surface area contributed by atoms with Gasteiger partial charge >= 0.3 is 0 Å². The first-order chi connectivity index (χ1) is 6.68. The molecular formula is C13H17Br. The minimum absolute atomic E-state index is 0.679. The van der Waals surface area contributed by atoms with E-state index < -0.39 is 0 Å². The summed E-state index contributed by atoms with van der Waals surface area (Å²) in [7, 11) is 0. The summed E-state index contributed by atoms with van der Waals surface area (Å²) >= 11 is 3.82. The third-order valence-electron chi connectivity index (χ3n) is 3.31. The van der Waals surface area contributed by atoms with Crippen LogP contribution in [-0.2, 0) is 6.42 Å². The summed E-state index contributed by atoms with van der Waals surface area (Å²) in [4.78, 5) is 0.679. The third-order valence-corrected chi connectivity index (χ3v) is 4.32. The van der Waals surface area contributed by atoms with Crippen LogP contribution in [0.3, 0.4) is 0 Å². The van der Waals surface area contributed by atoms with E-state index in [1.165, 1.54) is 24.0 Å². The summed E-state index contributed by atoms with van der Waals surface area (Å²) in [5.74, 6) is 1.85. The summed E-state index contributed by atoms with van der Waals surface area (Å²) < 4.78 is 0. The molecule has 0 amide bonds. The average Bonchev–Trinajstić information content (AvgIpc) is 2.87. The Morgan fingerprint density at radius 1 is 1.43 bits per heavy atom. The Bertz CT molecular complexity index is 319. The molecule has 14 heavy (non-hydrogen) atoms. The molecule has 0 bridgehead atoms. The highest BCUT2D eigenvalue weighted by Crippen LogP contribution is 2.44. The molecule has 3 atom stereocenters. The number of hydrogen-bond donors (Lipinski definition) is 0. The van der Waals surface area contributed by atoms with E-state index in [4.69, 9.17) is 0 Å². The van der Waals surface area contributed by atoms with Crippen molar-refractivity contribution in [3.05, 3.63) is 35.4 Å². The molecule has 3 unspecified atom stereocenters. The standard InChI is InChI=1S/C13H17Br/c1-9-5-3-4-6-11(9)8-13(14)12-7-10(12)2/h3-6,10,12-13H,7-8H2,1-2H3. The monoisotopic (exact) mass is 252 g/mol. The first kappa shape index (κ1) is 10.2. The van der Waals surface area contributed by atoms with Crippen LogP contribution in [0.2, 0.25) is 0 Å². The molecule has 1 aliphatic carbocycles. The Balaban J connectivity index is 2.00. The van der Waals surface area contributed by atoms with Gasteiger partial charge in [0.1, 0.15) is 0 Å². The molecule has 0 spiro atoms. The zero-order valence-electron chi connectivity index (χ0n) is 8.83. The van der Waals surface area contributed by atoms with Gasteiger partial charge in [0.2, 0.25) is 0 Å². The molecule has 1 aromatic carbocycles. The van der Waals surface area contributed by atoms with E-state index in [1.54, 1.807) is 0 Å². The lowest BCUT2D eigenvalue weighted by molar-refractivity contribution is 0.700. The molecule has 0 N–H and O–H groups in total. The molecule has 0 radical (unpaired) electrons. The summed E-state index contributed by atoms with van der Waals surface area (Å²) in [5, 5.41) is 0. The SMILES string of the molecule is Cc1ccccc1CC(Br)C1CC1C. The summed E-state index contributed by atoms with van der Waals surface area (Å²) in [6.45, 7) is 4.54. The van der Waals surface area contributed by atoms with Gasteiger partial charge in [0.05, 0.1) is 0 Å². The van der Waals surface area contributed by atoms with E-state index in [9.17, 15) is 0 Å². The molecule has 1 heteroatoms. The van der Waals surface area contributed by atoms with Gasteiger partial charge in [-0.1, -0.05) is 47.1 Å². The summed E-state index contributed by atoms with van der Waals surface area (Å²) in [6, 6.07) is 8.70. The van der Waals surface area contributed by atoms with Gasteiger partial charge in [-0.3, -0.25) is 0 Å². The molecule has 1 saturated carbocycles. The van der Waals surface area contributed by atoms with Crippen LogP contribution in [0.1, 0.15) is 24.5 Å². The van der Waals surface area contributed by atoms with Crippen LogP contribution >= 0.6 is 15.9 Å². The van der Waals surface area contributed by atoms with Gasteiger partial charge in [0.15, 0.2) is 0 Å². The van der Waals surface area contributed by atoms with Crippen LogP contribution in [-0.4, -0.2) is 4.83 Å². The maximum atomic E-state index is 3.82. The van der Waals surface area contributed by atoms with Gasteiger partial charge in [0, 0.05) is 4.83 Å². The number of alkyl halides is 1. The molecular weight excluding hydrogens is 236 g/mol. The molecule has 1 fully saturated rings. The Labute approximate surface area is 94.8 Å². The molecule has 0 heterocycles. The highest BCUT2D eigenvalue weighted by molar-refractivity contribution is 9.09. The first-order valence-electron chi connectivity index (χ1n) is 5.37. The minimum Gasteiger partial charge on any atom is -0.0884 e. The molecule has 1 aliphatic rings. The van der Waals surface area contributed by atoms with Crippen molar-refractivity contribution in [2.45, 2.75) is 31.5 Å². The van der Waals surface area contributed by atoms with E-state index in [1.807, 2.05) is 0 Å². The van der Waals surface area contributed by atoms with Gasteiger partial charge in [-0.25, -0.2) is 0 Å². The second kappa shape index (κ2) is 4.06. The van der Waals surface area contributed by atoms with Gasteiger partial charge in [0.25, 0.3) is 0 Å². The quantitative estimate of drug-likeness (QED) is 0.715. The number of rotatable bonds is 3. The number of benzene rings is 1. The van der Waals surface area contributed by atoms with Crippen LogP contribution < -0.4 is 0 Å². The molecule has 0 aliphatic heterocycles. The van der Waals surface area contributed by atoms with Crippen molar-refractivity contribution in [2.75, 3.05) is 0 Å². The molecule has 1 aromatic rings. The Morgan fingerprint density at radius 2 is 2.07 bits per heavy atom. The number of aryl methyl sites for hydroxylation is 1. The highest BCUT2D eigenvalue weighted by Gasteiger charge is 2.37. The highest BCUT2D eigenvalue weighted by atomic mass is 79.9. The van der Waals surface area contributed by atoms with Crippen molar-refractivity contribution in [1.82, 2.24) is 0 Å². The van der Waals surface area contributed by atoms with Crippen molar-refractivity contribution in [1.29, 1.82) is 0 Å². The Hall–Kier alpha value is -0.300. The fourth-order valence-electron chi connectivity index (χ4n) is 2.06. The van der Waals surface area contributed by atoms with Crippen LogP contribution in [0.15, 0.2) is 24.3 Å². The van der Waals surface area contributed by atoms with Gasteiger partial charge < -0.3 is 0 Å². The lowest BCUT2D eigenvalue weighted by atomic mass is 10.0. The van der Waals surface area contributed by atoms with E-state index in [0.717, 1.165) is 11.8 Å². The molecule has 0 nitrogen and oxygen atoms in total. The number of halogens is 1. The predicted molar refractivity (Wildman–Crippen MR) is 64.9 cm³/mol. The zero-order valence-corrected chi connectivity index (χ0v) is 10.4. The van der Waals surface area contributed by atoms with Crippen LogP contribution in [0, 0.1) is 18.8 Å². The molecule has 0 saturated heterocycles. The van der Waals surface area contributed by atoms with Crippen LogP contribution in [0.4, 0.5) is 0 Å². The van der Waals surface area contributed by atoms with Crippen molar-refractivity contribution in [2.24, 2.45) is 11.8 Å². The van der Waals surface area contributed by atoms with Crippen LogP contribution in [0.25, 0.3) is 0 Å². The maximum Gasteiger partial charge on any atom is 0.0217 e. The lowest BCUT2D eigenvalue weighted by Crippen LogP contribution is -2.07. The topological polar surface area (TPSA) is 0 Å². The molecule has 76 valence electrons. The summed E-state index contributed by atoms with van der Waals surface area (Å²) in [5.41, 5.74) is 2.92. The minimum atomic E-state index is 0.679. The largest absolute Gasteiger partial charge is 0.0884 e. The molecule has 2 rings (SSSR count). The average molecular weight is 253 g/mol. The van der Waals surface area contributed by atoms with Gasteiger partial charge in [-0.2, -0.15) is 0 Å². The summed E-state index contributed by atoms with van der Waals surface area (Å²) in [6.07, 6.45) is 2.59. The normalized spacial score (nSPS) is 27.4.